The summed E-state index contributed by atoms with van der Waals surface area (Å²) in [7, 11) is 0. The van der Waals surface area contributed by atoms with E-state index < -0.39 is 0 Å². The molecule has 2 heteroatoms. The quantitative estimate of drug-likeness (QED) is 0.439. The van der Waals surface area contributed by atoms with Gasteiger partial charge in [0.05, 0.1) is 6.04 Å². The first-order valence-electron chi connectivity index (χ1n) is 10.3. The van der Waals surface area contributed by atoms with Crippen molar-refractivity contribution in [2.24, 2.45) is 0 Å². The van der Waals surface area contributed by atoms with Crippen molar-refractivity contribution in [1.82, 2.24) is 0 Å². The topological polar surface area (TPSA) is 3.24 Å². The Kier molecular flexibility index (Phi) is 5.27. The predicted molar refractivity (Wildman–Crippen MR) is 125 cm³/mol. The van der Waals surface area contributed by atoms with Crippen LogP contribution in [0.5, 0.6) is 0 Å². The number of fused-ring (bicyclic) bond motifs is 1. The van der Waals surface area contributed by atoms with Gasteiger partial charge in [0.25, 0.3) is 0 Å². The van der Waals surface area contributed by atoms with Crippen LogP contribution in [0, 0.1) is 20.8 Å². The normalized spacial score (nSPS) is 16.1. The molecule has 1 unspecified atom stereocenters. The molecule has 1 nitrogen and oxygen atoms in total. The summed E-state index contributed by atoms with van der Waals surface area (Å²) in [5, 5.41) is 0.763. The summed E-state index contributed by atoms with van der Waals surface area (Å²) in [5.41, 5.74) is 11.7. The highest BCUT2D eigenvalue weighted by molar-refractivity contribution is 6.30. The van der Waals surface area contributed by atoms with Crippen LogP contribution in [0.3, 0.4) is 0 Å². The Morgan fingerprint density at radius 1 is 0.966 bits per heavy atom. The van der Waals surface area contributed by atoms with Crippen LogP contribution in [0.25, 0.3) is 0 Å². The van der Waals surface area contributed by atoms with Crippen molar-refractivity contribution in [3.05, 3.63) is 111 Å². The SMILES string of the molecule is C=C1Cc2cc(CC)c(C)cc2C(c2ccc(Cl)cc2)N1c1ccc(C)cc1C. The molecular weight excluding hydrogens is 374 g/mol. The van der Waals surface area contributed by atoms with Gasteiger partial charge in [0.15, 0.2) is 0 Å². The summed E-state index contributed by atoms with van der Waals surface area (Å²) in [6, 6.07) is 19.8. The van der Waals surface area contributed by atoms with Gasteiger partial charge in [-0.3, -0.25) is 0 Å². The predicted octanol–water partition coefficient (Wildman–Crippen LogP) is 7.49. The van der Waals surface area contributed by atoms with Crippen LogP contribution in [0.4, 0.5) is 5.69 Å². The molecule has 4 rings (SSSR count). The smallest absolute Gasteiger partial charge is 0.0844 e. The zero-order chi connectivity index (χ0) is 20.7. The first-order valence-corrected chi connectivity index (χ1v) is 10.7. The lowest BCUT2D eigenvalue weighted by Crippen LogP contribution is -2.34. The second-order valence-corrected chi connectivity index (χ2v) is 8.62. The summed E-state index contributed by atoms with van der Waals surface area (Å²) in [5.74, 6) is 0. The highest BCUT2D eigenvalue weighted by Gasteiger charge is 2.32. The van der Waals surface area contributed by atoms with E-state index in [1.54, 1.807) is 0 Å². The zero-order valence-corrected chi connectivity index (χ0v) is 18.5. The van der Waals surface area contributed by atoms with Gasteiger partial charge >= 0.3 is 0 Å². The van der Waals surface area contributed by atoms with Crippen molar-refractivity contribution in [2.45, 2.75) is 46.6 Å². The number of benzene rings is 3. The van der Waals surface area contributed by atoms with Crippen LogP contribution < -0.4 is 4.90 Å². The molecule has 0 aromatic heterocycles. The fourth-order valence-corrected chi connectivity index (χ4v) is 4.73. The van der Waals surface area contributed by atoms with Crippen LogP contribution in [-0.2, 0) is 12.8 Å². The second kappa shape index (κ2) is 7.72. The second-order valence-electron chi connectivity index (χ2n) is 8.19. The van der Waals surface area contributed by atoms with E-state index in [-0.39, 0.29) is 6.04 Å². The van der Waals surface area contributed by atoms with Crippen LogP contribution >= 0.6 is 11.6 Å². The number of anilines is 1. The number of halogens is 1. The summed E-state index contributed by atoms with van der Waals surface area (Å²) in [4.78, 5) is 2.42. The van der Waals surface area contributed by atoms with Crippen LogP contribution in [0.1, 0.15) is 51.9 Å². The zero-order valence-electron chi connectivity index (χ0n) is 17.7. The minimum Gasteiger partial charge on any atom is -0.334 e. The lowest BCUT2D eigenvalue weighted by atomic mass is 9.83. The Bertz CT molecular complexity index is 1080. The van der Waals surface area contributed by atoms with Gasteiger partial charge in [-0.15, -0.1) is 0 Å². The molecule has 0 N–H and O–H groups in total. The number of nitrogens with zero attached hydrogens (tertiary/aromatic N) is 1. The van der Waals surface area contributed by atoms with E-state index >= 15 is 0 Å². The molecule has 0 radical (unpaired) electrons. The minimum atomic E-state index is 0.0922. The van der Waals surface area contributed by atoms with Gasteiger partial charge in [-0.1, -0.05) is 67.1 Å². The Hall–Kier alpha value is -2.51. The molecule has 3 aromatic rings. The van der Waals surface area contributed by atoms with Crippen molar-refractivity contribution in [3.8, 4) is 0 Å². The van der Waals surface area contributed by atoms with Crippen molar-refractivity contribution in [1.29, 1.82) is 0 Å². The number of hydrogen-bond acceptors (Lipinski definition) is 1. The van der Waals surface area contributed by atoms with Gasteiger partial charge in [0.1, 0.15) is 0 Å². The summed E-state index contributed by atoms with van der Waals surface area (Å²) < 4.78 is 0. The van der Waals surface area contributed by atoms with E-state index in [0.717, 1.165) is 23.6 Å². The Balaban J connectivity index is 1.95. The lowest BCUT2D eigenvalue weighted by molar-refractivity contribution is 0.717. The summed E-state index contributed by atoms with van der Waals surface area (Å²) in [6.07, 6.45) is 1.93. The molecule has 0 amide bonds. The van der Waals surface area contributed by atoms with Crippen molar-refractivity contribution < 1.29 is 0 Å². The van der Waals surface area contributed by atoms with Gasteiger partial charge in [-0.05, 0) is 78.8 Å². The molecule has 148 valence electrons. The fourth-order valence-electron chi connectivity index (χ4n) is 4.60. The largest absolute Gasteiger partial charge is 0.334 e. The molecule has 0 aliphatic carbocycles. The van der Waals surface area contributed by atoms with Gasteiger partial charge in [-0.2, -0.15) is 0 Å². The number of allylic oxidation sites excluding steroid dienone is 1. The van der Waals surface area contributed by atoms with E-state index in [1.165, 1.54) is 44.6 Å². The number of aryl methyl sites for hydroxylation is 4. The van der Waals surface area contributed by atoms with Crippen LogP contribution in [-0.4, -0.2) is 0 Å². The molecule has 1 heterocycles. The summed E-state index contributed by atoms with van der Waals surface area (Å²) >= 11 is 6.21. The average Bonchev–Trinajstić information content (AvgIpc) is 2.68. The molecular formula is C27H28ClN. The standard InChI is InChI=1S/C27H28ClN/c1-6-21-16-23-15-20(5)29(26-12-7-17(2)13-19(26)4)27(25(23)14-18(21)3)22-8-10-24(28)11-9-22/h7-14,16,27H,5-6,15H2,1-4H3. The van der Waals surface area contributed by atoms with Gasteiger partial charge < -0.3 is 4.90 Å². The maximum Gasteiger partial charge on any atom is 0.0844 e. The van der Waals surface area contributed by atoms with E-state index in [1.807, 2.05) is 12.1 Å². The van der Waals surface area contributed by atoms with Crippen LogP contribution in [0.2, 0.25) is 5.02 Å². The van der Waals surface area contributed by atoms with E-state index in [9.17, 15) is 0 Å². The average molecular weight is 402 g/mol. The Morgan fingerprint density at radius 3 is 2.34 bits per heavy atom. The highest BCUT2D eigenvalue weighted by Crippen LogP contribution is 2.44. The number of hydrogen-bond donors (Lipinski definition) is 0. The maximum atomic E-state index is 6.21. The highest BCUT2D eigenvalue weighted by atomic mass is 35.5. The van der Waals surface area contributed by atoms with Gasteiger partial charge in [-0.25, -0.2) is 0 Å². The molecule has 0 spiro atoms. The van der Waals surface area contributed by atoms with Crippen molar-refractivity contribution in [2.75, 3.05) is 4.90 Å². The van der Waals surface area contributed by atoms with Crippen LogP contribution in [0.15, 0.2) is 66.9 Å². The van der Waals surface area contributed by atoms with Crippen molar-refractivity contribution in [3.63, 3.8) is 0 Å². The molecule has 1 aliphatic heterocycles. The molecule has 0 saturated heterocycles. The molecule has 0 saturated carbocycles. The molecule has 1 atom stereocenters. The molecule has 1 aliphatic rings. The molecule has 0 bridgehead atoms. The van der Waals surface area contributed by atoms with Gasteiger partial charge in [0.2, 0.25) is 0 Å². The monoisotopic (exact) mass is 401 g/mol. The first kappa shape index (κ1) is 19.8. The Labute approximate surface area is 179 Å². The number of rotatable bonds is 3. The third-order valence-corrected chi connectivity index (χ3v) is 6.32. The summed E-state index contributed by atoms with van der Waals surface area (Å²) in [6.45, 7) is 13.3. The first-order chi connectivity index (χ1) is 13.9. The van der Waals surface area contributed by atoms with E-state index in [2.05, 4.69) is 81.6 Å². The van der Waals surface area contributed by atoms with E-state index in [4.69, 9.17) is 11.6 Å². The van der Waals surface area contributed by atoms with Gasteiger partial charge in [0, 0.05) is 22.8 Å². The Morgan fingerprint density at radius 2 is 1.69 bits per heavy atom. The maximum absolute atomic E-state index is 6.21. The third-order valence-electron chi connectivity index (χ3n) is 6.06. The molecule has 0 fully saturated rings. The minimum absolute atomic E-state index is 0.0922. The third kappa shape index (κ3) is 3.60. The fraction of sp³-hybridized carbons (Fsp3) is 0.259. The molecule has 29 heavy (non-hydrogen) atoms. The van der Waals surface area contributed by atoms with E-state index in [0.29, 0.717) is 0 Å². The van der Waals surface area contributed by atoms with Crippen molar-refractivity contribution >= 4 is 17.3 Å². The lowest BCUT2D eigenvalue weighted by Gasteiger charge is -2.42. The molecule has 3 aromatic carbocycles.